The Labute approximate surface area is 127 Å². The lowest BCUT2D eigenvalue weighted by molar-refractivity contribution is 0.919. The molecule has 0 N–H and O–H groups in total. The lowest BCUT2D eigenvalue weighted by atomic mass is 10.1. The Hall–Kier alpha value is -3.00. The van der Waals surface area contributed by atoms with E-state index in [-0.39, 0.29) is 11.1 Å². The summed E-state index contributed by atoms with van der Waals surface area (Å²) in [5.74, 6) is 0. The van der Waals surface area contributed by atoms with E-state index in [4.69, 9.17) is 22.1 Å². The van der Waals surface area contributed by atoms with Crippen LogP contribution in [-0.2, 0) is 7.05 Å². The lowest BCUT2D eigenvalue weighted by Gasteiger charge is -2.07. The Morgan fingerprint density at radius 1 is 0.952 bits per heavy atom. The zero-order chi connectivity index (χ0) is 15.4. The minimum Gasteiger partial charge on any atom is -0.343 e. The van der Waals surface area contributed by atoms with Crippen molar-refractivity contribution >= 4 is 17.2 Å². The van der Waals surface area contributed by atoms with E-state index < -0.39 is 0 Å². The fraction of sp³-hybridized carbons (Fsp3) is 0.0625. The predicted molar refractivity (Wildman–Crippen MR) is 79.6 cm³/mol. The largest absolute Gasteiger partial charge is 0.343 e. The van der Waals surface area contributed by atoms with Crippen molar-refractivity contribution in [3.8, 4) is 29.5 Å². The van der Waals surface area contributed by atoms with E-state index in [0.717, 1.165) is 11.3 Å². The minimum absolute atomic E-state index is 0.0720. The van der Waals surface area contributed by atoms with Crippen LogP contribution in [-0.4, -0.2) is 4.57 Å². The molecule has 5 heteroatoms. The summed E-state index contributed by atoms with van der Waals surface area (Å²) >= 11 is 5.87. The number of halogens is 1. The molecule has 2 rings (SSSR count). The van der Waals surface area contributed by atoms with Gasteiger partial charge in [-0.05, 0) is 29.8 Å². The van der Waals surface area contributed by atoms with Gasteiger partial charge in [0.2, 0.25) is 0 Å². The van der Waals surface area contributed by atoms with E-state index in [1.165, 1.54) is 0 Å². The van der Waals surface area contributed by atoms with Crippen molar-refractivity contribution in [2.75, 3.05) is 0 Å². The fourth-order valence-corrected chi connectivity index (χ4v) is 2.18. The minimum atomic E-state index is -0.193. The monoisotopic (exact) mass is 292 g/mol. The molecule has 0 saturated heterocycles. The summed E-state index contributed by atoms with van der Waals surface area (Å²) in [7, 11) is 1.78. The highest BCUT2D eigenvalue weighted by Crippen LogP contribution is 2.27. The Bertz CT molecular complexity index is 820. The number of hydrogen-bond donors (Lipinski definition) is 0. The van der Waals surface area contributed by atoms with Crippen molar-refractivity contribution < 1.29 is 0 Å². The highest BCUT2D eigenvalue weighted by atomic mass is 35.5. The maximum Gasteiger partial charge on any atom is 0.149 e. The van der Waals surface area contributed by atoms with Gasteiger partial charge in [0.15, 0.2) is 0 Å². The highest BCUT2D eigenvalue weighted by molar-refractivity contribution is 6.30. The topological polar surface area (TPSA) is 76.3 Å². The second-order valence-electron chi connectivity index (χ2n) is 4.26. The molecule has 1 heterocycles. The molecule has 0 unspecified atom stereocenters. The third-order valence-electron chi connectivity index (χ3n) is 3.10. The lowest BCUT2D eigenvalue weighted by Crippen LogP contribution is -1.98. The second kappa shape index (κ2) is 5.97. The maximum atomic E-state index is 9.21. The summed E-state index contributed by atoms with van der Waals surface area (Å²) in [5, 5.41) is 27.7. The molecule has 0 fully saturated rings. The van der Waals surface area contributed by atoms with E-state index in [0.29, 0.717) is 10.7 Å². The van der Waals surface area contributed by atoms with Crippen LogP contribution in [0.3, 0.4) is 0 Å². The van der Waals surface area contributed by atoms with Crippen molar-refractivity contribution in [2.45, 2.75) is 0 Å². The summed E-state index contributed by atoms with van der Waals surface area (Å²) in [6.45, 7) is 0. The molecule has 21 heavy (non-hydrogen) atoms. The fourth-order valence-electron chi connectivity index (χ4n) is 2.05. The molecule has 0 radical (unpaired) electrons. The van der Waals surface area contributed by atoms with E-state index in [2.05, 4.69) is 0 Å². The third kappa shape index (κ3) is 2.65. The molecule has 0 amide bonds. The Morgan fingerprint density at radius 3 is 2.10 bits per heavy atom. The molecule has 100 valence electrons. The molecule has 0 saturated carbocycles. The van der Waals surface area contributed by atoms with Crippen molar-refractivity contribution in [3.63, 3.8) is 0 Å². The third-order valence-corrected chi connectivity index (χ3v) is 3.36. The van der Waals surface area contributed by atoms with Crippen molar-refractivity contribution in [3.05, 3.63) is 52.7 Å². The van der Waals surface area contributed by atoms with Gasteiger partial charge in [-0.25, -0.2) is 0 Å². The molecule has 0 spiro atoms. The number of rotatable bonds is 2. The molecule has 0 aliphatic carbocycles. The van der Waals surface area contributed by atoms with Crippen LogP contribution in [0.15, 0.2) is 42.0 Å². The molecular weight excluding hydrogens is 284 g/mol. The number of benzene rings is 1. The van der Waals surface area contributed by atoms with Crippen LogP contribution in [0.4, 0.5) is 0 Å². The zero-order valence-corrected chi connectivity index (χ0v) is 11.9. The second-order valence-corrected chi connectivity index (χ2v) is 4.69. The van der Waals surface area contributed by atoms with Crippen LogP contribution < -0.4 is 0 Å². The van der Waals surface area contributed by atoms with Gasteiger partial charge in [0.1, 0.15) is 29.4 Å². The van der Waals surface area contributed by atoms with Crippen molar-refractivity contribution in [1.82, 2.24) is 4.57 Å². The molecule has 1 aromatic heterocycles. The van der Waals surface area contributed by atoms with E-state index in [1.54, 1.807) is 42.0 Å². The summed E-state index contributed by atoms with van der Waals surface area (Å²) in [6, 6.07) is 16.3. The summed E-state index contributed by atoms with van der Waals surface area (Å²) in [4.78, 5) is 0. The summed E-state index contributed by atoms with van der Waals surface area (Å²) in [5.41, 5.74) is 2.20. The van der Waals surface area contributed by atoms with Gasteiger partial charge >= 0.3 is 0 Å². The molecule has 1 aromatic carbocycles. The predicted octanol–water partition coefficient (Wildman–Crippen LogP) is 3.67. The van der Waals surface area contributed by atoms with Gasteiger partial charge in [-0.2, -0.15) is 15.8 Å². The van der Waals surface area contributed by atoms with Gasteiger partial charge in [-0.15, -0.1) is 0 Å². The van der Waals surface area contributed by atoms with E-state index in [1.807, 2.05) is 24.3 Å². The average Bonchev–Trinajstić information content (AvgIpc) is 2.87. The normalized spacial score (nSPS) is 9.29. The van der Waals surface area contributed by atoms with Crippen LogP contribution in [0.5, 0.6) is 0 Å². The smallest absolute Gasteiger partial charge is 0.149 e. The van der Waals surface area contributed by atoms with Gasteiger partial charge in [0.05, 0.1) is 5.69 Å². The number of aromatic nitrogens is 1. The SMILES string of the molecule is Cn1c(C(C#N)=C(C#N)C#N)ccc1-c1ccc(Cl)cc1. The molecule has 4 nitrogen and oxygen atoms in total. The molecule has 0 atom stereocenters. The molecule has 2 aromatic rings. The van der Waals surface area contributed by atoms with Gasteiger partial charge in [-0.1, -0.05) is 23.7 Å². The number of hydrogen-bond acceptors (Lipinski definition) is 3. The van der Waals surface area contributed by atoms with Crippen LogP contribution in [0, 0.1) is 34.0 Å². The summed E-state index contributed by atoms with van der Waals surface area (Å²) in [6.07, 6.45) is 0. The first-order valence-electron chi connectivity index (χ1n) is 5.99. The standard InChI is InChI=1S/C16H9ClN4/c1-21-15(11-2-4-13(17)5-3-11)6-7-16(21)14(10-20)12(8-18)9-19/h2-7H,1H3. The van der Waals surface area contributed by atoms with Crippen molar-refractivity contribution in [1.29, 1.82) is 15.8 Å². The first kappa shape index (κ1) is 14.4. The number of nitriles is 3. The molecule has 0 aliphatic rings. The van der Waals surface area contributed by atoms with Crippen LogP contribution in [0.2, 0.25) is 5.02 Å². The summed E-state index contributed by atoms with van der Waals surface area (Å²) < 4.78 is 1.77. The first-order valence-corrected chi connectivity index (χ1v) is 6.36. The average molecular weight is 293 g/mol. The van der Waals surface area contributed by atoms with Gasteiger partial charge in [0, 0.05) is 17.8 Å². The Kier molecular flexibility index (Phi) is 4.10. The molecule has 0 bridgehead atoms. The Balaban J connectivity index is 2.60. The number of allylic oxidation sites excluding steroid dienone is 2. The van der Waals surface area contributed by atoms with Crippen LogP contribution >= 0.6 is 11.6 Å². The van der Waals surface area contributed by atoms with Gasteiger partial charge in [-0.3, -0.25) is 0 Å². The molecular formula is C16H9ClN4. The first-order chi connectivity index (χ1) is 10.1. The number of nitrogens with zero attached hydrogens (tertiary/aromatic N) is 4. The Morgan fingerprint density at radius 2 is 1.57 bits per heavy atom. The molecule has 0 aliphatic heterocycles. The quantitative estimate of drug-likeness (QED) is 0.792. The zero-order valence-electron chi connectivity index (χ0n) is 11.1. The highest BCUT2D eigenvalue weighted by Gasteiger charge is 2.14. The maximum absolute atomic E-state index is 9.21. The van der Waals surface area contributed by atoms with Crippen LogP contribution in [0.1, 0.15) is 5.69 Å². The van der Waals surface area contributed by atoms with E-state index >= 15 is 0 Å². The van der Waals surface area contributed by atoms with Crippen molar-refractivity contribution in [2.24, 2.45) is 7.05 Å². The van der Waals surface area contributed by atoms with E-state index in [9.17, 15) is 5.26 Å². The van der Waals surface area contributed by atoms with Crippen LogP contribution in [0.25, 0.3) is 16.8 Å². The van der Waals surface area contributed by atoms with Gasteiger partial charge in [0.25, 0.3) is 0 Å². The van der Waals surface area contributed by atoms with Gasteiger partial charge < -0.3 is 4.57 Å².